The van der Waals surface area contributed by atoms with E-state index in [1.54, 1.807) is 30.3 Å². The number of carbonyl (C=O) groups excluding carboxylic acids is 9. The Kier molecular flexibility index (Phi) is 22.0. The molecular weight excluding hydrogens is 867 g/mol. The summed E-state index contributed by atoms with van der Waals surface area (Å²) in [4.78, 5) is 122. The highest BCUT2D eigenvalue weighted by atomic mass is 32.1. The van der Waals surface area contributed by atoms with Gasteiger partial charge in [0.15, 0.2) is 5.78 Å². The number of thiol groups is 2. The van der Waals surface area contributed by atoms with Crippen LogP contribution in [0.2, 0.25) is 0 Å². The van der Waals surface area contributed by atoms with Crippen molar-refractivity contribution in [2.45, 2.75) is 146 Å². The Morgan fingerprint density at radius 3 is 2.03 bits per heavy atom. The molecule has 0 spiro atoms. The van der Waals surface area contributed by atoms with Gasteiger partial charge in [-0.3, -0.25) is 43.2 Å². The minimum atomic E-state index is -1.64. The van der Waals surface area contributed by atoms with Gasteiger partial charge in [-0.05, 0) is 51.0 Å². The molecule has 1 aromatic rings. The fourth-order valence-corrected chi connectivity index (χ4v) is 8.39. The van der Waals surface area contributed by atoms with Crippen LogP contribution in [0.1, 0.15) is 97.0 Å². The second-order valence-corrected chi connectivity index (χ2v) is 17.3. The molecule has 8 atom stereocenters. The third-order valence-corrected chi connectivity index (χ3v) is 12.4. The Morgan fingerprint density at radius 2 is 1.44 bits per heavy atom. The number of hydrogen-bond donors (Lipinski definition) is 10. The van der Waals surface area contributed by atoms with Gasteiger partial charge in [-0.25, -0.2) is 0 Å². The van der Waals surface area contributed by atoms with Gasteiger partial charge in [0.2, 0.25) is 47.3 Å². The Morgan fingerprint density at radius 1 is 0.828 bits per heavy atom. The lowest BCUT2D eigenvalue weighted by molar-refractivity contribution is -0.149. The predicted molar refractivity (Wildman–Crippen MR) is 245 cm³/mol. The van der Waals surface area contributed by atoms with Gasteiger partial charge in [0.25, 0.3) is 0 Å². The number of aliphatic hydroxyl groups is 1. The molecule has 2 aliphatic heterocycles. The number of nitrogens with one attached hydrogen (secondary N) is 5. The molecular formula is C43H67N9O10S2. The van der Waals surface area contributed by atoms with E-state index in [1.807, 2.05) is 0 Å². The van der Waals surface area contributed by atoms with Gasteiger partial charge in [-0.15, -0.1) is 0 Å². The second-order valence-electron chi connectivity index (χ2n) is 16.6. The number of likely N-dealkylation sites (tertiary alicyclic amines) is 2. The number of carbonyl (C=O) groups is 9. The molecule has 0 saturated carbocycles. The van der Waals surface area contributed by atoms with E-state index in [4.69, 9.17) is 11.5 Å². The maximum Gasteiger partial charge on any atom is 0.246 e. The molecule has 3 rings (SSSR count). The molecule has 19 nitrogen and oxygen atoms in total. The van der Waals surface area contributed by atoms with Crippen molar-refractivity contribution in [2.24, 2.45) is 11.5 Å². The van der Waals surface area contributed by atoms with Crippen LogP contribution in [0, 0.1) is 0 Å². The Labute approximate surface area is 385 Å². The molecule has 0 radical (unpaired) electrons. The van der Waals surface area contributed by atoms with Gasteiger partial charge in [0, 0.05) is 44.4 Å². The SMILES string of the molecule is CCCCCC[C@](N)(CS)C(=O)N1CCC[C@H]1C(=O)N1CCC[C@H]1C(=O)N[C@H](C(=O)N[C@@H](CCC(N)=O)C(=O)N[C@@H](Cc1ccccc1)C(=O)N[C@@H](CS)C(=O)CNC(C)=O)[C@@H](C)O. The summed E-state index contributed by atoms with van der Waals surface area (Å²) in [7, 11) is 0. The maximum atomic E-state index is 14.1. The zero-order valence-corrected chi connectivity index (χ0v) is 38.8. The summed E-state index contributed by atoms with van der Waals surface area (Å²) in [5, 5.41) is 23.3. The highest BCUT2D eigenvalue weighted by molar-refractivity contribution is 7.80. The van der Waals surface area contributed by atoms with Gasteiger partial charge in [0.05, 0.1) is 18.7 Å². The van der Waals surface area contributed by atoms with Gasteiger partial charge in [-0.1, -0.05) is 62.9 Å². The summed E-state index contributed by atoms with van der Waals surface area (Å²) in [5.41, 5.74) is 11.4. The van der Waals surface area contributed by atoms with Crippen LogP contribution in [-0.4, -0.2) is 147 Å². The quantitative estimate of drug-likeness (QED) is 0.0399. The van der Waals surface area contributed by atoms with Crippen molar-refractivity contribution < 1.29 is 48.3 Å². The van der Waals surface area contributed by atoms with Crippen molar-refractivity contribution in [2.75, 3.05) is 31.1 Å². The first-order valence-electron chi connectivity index (χ1n) is 22.0. The highest BCUT2D eigenvalue weighted by Crippen LogP contribution is 2.28. The van der Waals surface area contributed by atoms with E-state index >= 15 is 0 Å². The molecule has 21 heteroatoms. The molecule has 0 unspecified atom stereocenters. The lowest BCUT2D eigenvalue weighted by atomic mass is 9.93. The molecule has 10 N–H and O–H groups in total. The zero-order valence-electron chi connectivity index (χ0n) is 37.0. The topological polar surface area (TPSA) is 293 Å². The van der Waals surface area contributed by atoms with E-state index in [2.05, 4.69) is 58.8 Å². The summed E-state index contributed by atoms with van der Waals surface area (Å²) in [6, 6.07) is 1.09. The van der Waals surface area contributed by atoms with Crippen LogP contribution in [0.25, 0.3) is 0 Å². The van der Waals surface area contributed by atoms with Crippen molar-refractivity contribution in [1.29, 1.82) is 0 Å². The van der Waals surface area contributed by atoms with Crippen molar-refractivity contribution in [3.8, 4) is 0 Å². The number of nitrogens with zero attached hydrogens (tertiary/aromatic N) is 2. The van der Waals surface area contributed by atoms with Crippen LogP contribution in [0.5, 0.6) is 0 Å². The van der Waals surface area contributed by atoms with E-state index < -0.39 is 95.0 Å². The number of unbranched alkanes of at least 4 members (excludes halogenated alkanes) is 3. The van der Waals surface area contributed by atoms with Crippen molar-refractivity contribution in [1.82, 2.24) is 36.4 Å². The van der Waals surface area contributed by atoms with E-state index in [0.717, 1.165) is 25.7 Å². The van der Waals surface area contributed by atoms with Crippen LogP contribution in [0.3, 0.4) is 0 Å². The van der Waals surface area contributed by atoms with E-state index in [-0.39, 0.29) is 56.2 Å². The van der Waals surface area contributed by atoms with Crippen molar-refractivity contribution in [3.63, 3.8) is 0 Å². The van der Waals surface area contributed by atoms with Crippen LogP contribution in [0.4, 0.5) is 0 Å². The standard InChI is InChI=1S/C43H67N9O10S2/c1-4-5-6-10-19-43(45,25-64)42(62)52-21-12-16-33(52)41(61)51-20-11-15-32(51)39(59)50-36(26(2)53)40(60)47-29(17-18-35(44)56)37(57)48-30(22-28-13-8-7-9-14-28)38(58)49-31(24-63)34(55)23-46-27(3)54/h7-9,13-14,26,29-33,36,53,63-64H,4-6,10-12,15-25,45H2,1-3H3,(H2,44,56)(H,46,54)(H,47,60)(H,48,57)(H,49,58)(H,50,59)/t26-,29+,30+,31+,32+,33+,36+,43+/m1/s1. The minimum absolute atomic E-state index is 0.0643. The molecule has 2 fully saturated rings. The van der Waals surface area contributed by atoms with Gasteiger partial charge in [-0.2, -0.15) is 25.3 Å². The second kappa shape index (κ2) is 26.3. The summed E-state index contributed by atoms with van der Waals surface area (Å²) >= 11 is 8.57. The molecule has 1 aromatic carbocycles. The molecule has 356 valence electrons. The third-order valence-electron chi connectivity index (χ3n) is 11.5. The molecule has 0 bridgehead atoms. The zero-order chi connectivity index (χ0) is 47.6. The van der Waals surface area contributed by atoms with Gasteiger partial charge in [0.1, 0.15) is 35.7 Å². The molecule has 0 aromatic heterocycles. The van der Waals surface area contributed by atoms with Crippen molar-refractivity contribution in [3.05, 3.63) is 35.9 Å². The number of primary amides is 1. The molecule has 2 heterocycles. The molecule has 64 heavy (non-hydrogen) atoms. The number of benzene rings is 1. The van der Waals surface area contributed by atoms with Crippen LogP contribution in [0.15, 0.2) is 30.3 Å². The smallest absolute Gasteiger partial charge is 0.246 e. The van der Waals surface area contributed by atoms with Crippen LogP contribution >= 0.6 is 25.3 Å². The fraction of sp³-hybridized carbons (Fsp3) is 0.651. The Bertz CT molecular complexity index is 1810. The summed E-state index contributed by atoms with van der Waals surface area (Å²) in [5.74, 6) is -6.08. The highest BCUT2D eigenvalue weighted by Gasteiger charge is 2.46. The average molecular weight is 934 g/mol. The number of Topliss-reactive ketones (excluding diaryl/α,β-unsaturated/α-hetero) is 1. The first-order valence-corrected chi connectivity index (χ1v) is 23.2. The number of aliphatic hydroxyl groups excluding tert-OH is 1. The molecule has 2 aliphatic rings. The molecule has 2 saturated heterocycles. The summed E-state index contributed by atoms with van der Waals surface area (Å²) < 4.78 is 0. The molecule has 0 aliphatic carbocycles. The average Bonchev–Trinajstić information content (AvgIpc) is 3.97. The lowest BCUT2D eigenvalue weighted by Crippen LogP contribution is -2.62. The first-order chi connectivity index (χ1) is 30.4. The number of nitrogens with two attached hydrogens (primary N) is 2. The Balaban J connectivity index is 1.79. The van der Waals surface area contributed by atoms with Gasteiger partial charge < -0.3 is 53.0 Å². The third kappa shape index (κ3) is 15.8. The largest absolute Gasteiger partial charge is 0.391 e. The van der Waals surface area contributed by atoms with E-state index in [1.165, 1.54) is 23.6 Å². The maximum absolute atomic E-state index is 14.1. The van der Waals surface area contributed by atoms with E-state index in [9.17, 15) is 48.3 Å². The van der Waals surface area contributed by atoms with Crippen molar-refractivity contribution >= 4 is 78.3 Å². The predicted octanol–water partition coefficient (Wildman–Crippen LogP) is -0.971. The normalized spacial score (nSPS) is 19.2. The van der Waals surface area contributed by atoms with Crippen LogP contribution in [-0.2, 0) is 49.6 Å². The lowest BCUT2D eigenvalue weighted by Gasteiger charge is -2.36. The fourth-order valence-electron chi connectivity index (χ4n) is 7.81. The van der Waals surface area contributed by atoms with E-state index in [0.29, 0.717) is 37.8 Å². The van der Waals surface area contributed by atoms with Gasteiger partial charge >= 0.3 is 0 Å². The Hall–Kier alpha value is -4.73. The minimum Gasteiger partial charge on any atom is -0.391 e. The molecule has 8 amide bonds. The monoisotopic (exact) mass is 933 g/mol. The number of rotatable bonds is 26. The number of ketones is 1. The first kappa shape index (κ1) is 53.6. The van der Waals surface area contributed by atoms with Crippen LogP contribution < -0.4 is 38.1 Å². The number of amides is 8. The summed E-state index contributed by atoms with van der Waals surface area (Å²) in [6.07, 6.45) is 3.43. The summed E-state index contributed by atoms with van der Waals surface area (Å²) in [6.45, 7) is 4.72. The number of hydrogen-bond acceptors (Lipinski definition) is 13.